The second kappa shape index (κ2) is 2.99. The van der Waals surface area contributed by atoms with Gasteiger partial charge in [-0.2, -0.15) is 0 Å². The van der Waals surface area contributed by atoms with E-state index in [9.17, 15) is 9.59 Å². The quantitative estimate of drug-likeness (QED) is 0.497. The van der Waals surface area contributed by atoms with Gasteiger partial charge in [-0.3, -0.25) is 4.79 Å². The molecule has 3 N–H and O–H groups in total. The molecule has 0 bridgehead atoms. The van der Waals surface area contributed by atoms with E-state index in [1.165, 1.54) is 16.7 Å². The Morgan fingerprint density at radius 3 is 2.87 bits per heavy atom. The van der Waals surface area contributed by atoms with Gasteiger partial charge in [-0.05, 0) is 6.92 Å². The number of hydrogen-bond acceptors (Lipinski definition) is 4. The minimum atomic E-state index is -1.01. The lowest BCUT2D eigenvalue weighted by atomic mass is 9.95. The fourth-order valence-corrected chi connectivity index (χ4v) is 3.60. The molecule has 15 heavy (non-hydrogen) atoms. The standard InChI is InChI=1S/C9H12N2O3S/c1-3-9(2)5(8(13)14)11-6(12)4(10)7(11)15-9/h3-5,7H,1,10H2,2H3,(H,13,14)/t4-,5?,7-,9-/m1/s1. The molecule has 2 aliphatic rings. The summed E-state index contributed by atoms with van der Waals surface area (Å²) in [6, 6.07) is -1.42. The maximum absolute atomic E-state index is 11.5. The summed E-state index contributed by atoms with van der Waals surface area (Å²) in [5.74, 6) is -1.29. The zero-order valence-corrected chi connectivity index (χ0v) is 9.03. The molecule has 2 aliphatic heterocycles. The topological polar surface area (TPSA) is 83.6 Å². The maximum atomic E-state index is 11.5. The molecule has 2 saturated heterocycles. The van der Waals surface area contributed by atoms with E-state index < -0.39 is 22.8 Å². The van der Waals surface area contributed by atoms with Crippen molar-refractivity contribution in [1.29, 1.82) is 0 Å². The number of carboxylic acids is 1. The highest BCUT2D eigenvalue weighted by molar-refractivity contribution is 8.02. The van der Waals surface area contributed by atoms with Crippen LogP contribution in [0.25, 0.3) is 0 Å². The van der Waals surface area contributed by atoms with Crippen LogP contribution in [0.1, 0.15) is 6.92 Å². The second-order valence-corrected chi connectivity index (χ2v) is 5.51. The molecule has 0 aromatic carbocycles. The molecule has 0 radical (unpaired) electrons. The Bertz CT molecular complexity index is 359. The Labute approximate surface area is 91.3 Å². The number of amides is 1. The van der Waals surface area contributed by atoms with Gasteiger partial charge in [-0.25, -0.2) is 4.79 Å². The zero-order valence-electron chi connectivity index (χ0n) is 8.21. The molecule has 2 fully saturated rings. The van der Waals surface area contributed by atoms with Crippen LogP contribution in [0.4, 0.5) is 0 Å². The second-order valence-electron chi connectivity index (χ2n) is 3.91. The highest BCUT2D eigenvalue weighted by atomic mass is 32.2. The Morgan fingerprint density at radius 2 is 2.40 bits per heavy atom. The van der Waals surface area contributed by atoms with E-state index in [-0.39, 0.29) is 11.3 Å². The van der Waals surface area contributed by atoms with Gasteiger partial charge in [0.05, 0.1) is 4.75 Å². The summed E-state index contributed by atoms with van der Waals surface area (Å²) in [5.41, 5.74) is 5.61. The van der Waals surface area contributed by atoms with Crippen molar-refractivity contribution in [3.05, 3.63) is 12.7 Å². The third-order valence-electron chi connectivity index (χ3n) is 2.96. The first-order valence-corrected chi connectivity index (χ1v) is 5.42. The predicted octanol–water partition coefficient (Wildman–Crippen LogP) is -0.373. The van der Waals surface area contributed by atoms with Gasteiger partial charge in [0.1, 0.15) is 17.5 Å². The van der Waals surface area contributed by atoms with Crippen LogP contribution in [0.15, 0.2) is 12.7 Å². The summed E-state index contributed by atoms with van der Waals surface area (Å²) >= 11 is 1.39. The van der Waals surface area contributed by atoms with E-state index in [4.69, 9.17) is 10.8 Å². The molecular formula is C9H12N2O3S. The number of carbonyl (C=O) groups is 2. The number of nitrogens with two attached hydrogens (primary N) is 1. The molecule has 0 aromatic rings. The summed E-state index contributed by atoms with van der Waals surface area (Å²) in [5, 5.41) is 8.89. The van der Waals surface area contributed by atoms with Crippen molar-refractivity contribution in [3.8, 4) is 0 Å². The molecule has 1 unspecified atom stereocenters. The van der Waals surface area contributed by atoms with E-state index >= 15 is 0 Å². The lowest BCUT2D eigenvalue weighted by Crippen LogP contribution is -2.68. The van der Waals surface area contributed by atoms with E-state index in [1.807, 2.05) is 0 Å². The third kappa shape index (κ3) is 1.15. The molecule has 0 aliphatic carbocycles. The van der Waals surface area contributed by atoms with Gasteiger partial charge in [0.15, 0.2) is 0 Å². The number of aliphatic carboxylic acids is 1. The number of thioether (sulfide) groups is 1. The fourth-order valence-electron chi connectivity index (χ4n) is 2.04. The Balaban J connectivity index is 2.37. The number of hydrogen-bond donors (Lipinski definition) is 2. The van der Waals surface area contributed by atoms with E-state index in [0.29, 0.717) is 0 Å². The highest BCUT2D eigenvalue weighted by Crippen LogP contribution is 2.50. The van der Waals surface area contributed by atoms with Gasteiger partial charge in [-0.15, -0.1) is 18.3 Å². The SMILES string of the molecule is C=C[C@@]1(C)S[C@@H]2[C@H](N)C(=O)N2C1C(=O)O. The van der Waals surface area contributed by atoms with E-state index in [2.05, 4.69) is 6.58 Å². The number of fused-ring (bicyclic) bond motifs is 1. The summed E-state index contributed by atoms with van der Waals surface area (Å²) < 4.78 is -0.652. The number of β-lactam (4-membered cyclic amide) rings is 1. The Hall–Kier alpha value is -1.01. The molecule has 82 valence electrons. The summed E-state index contributed by atoms with van der Waals surface area (Å²) in [6.07, 6.45) is 1.58. The Kier molecular flexibility index (Phi) is 2.09. The molecule has 5 nitrogen and oxygen atoms in total. The number of rotatable bonds is 2. The van der Waals surface area contributed by atoms with Crippen LogP contribution in [0.5, 0.6) is 0 Å². The maximum Gasteiger partial charge on any atom is 0.328 e. The smallest absolute Gasteiger partial charge is 0.328 e. The number of carbonyl (C=O) groups excluding carboxylic acids is 1. The molecule has 4 atom stereocenters. The zero-order chi connectivity index (χ0) is 11.4. The first kappa shape index (κ1) is 10.5. The molecule has 0 aromatic heterocycles. The third-order valence-corrected chi connectivity index (χ3v) is 4.62. The van der Waals surface area contributed by atoms with Crippen molar-refractivity contribution in [3.63, 3.8) is 0 Å². The fraction of sp³-hybridized carbons (Fsp3) is 0.556. The summed E-state index contributed by atoms with van der Waals surface area (Å²) in [4.78, 5) is 23.9. The van der Waals surface area contributed by atoms with Gasteiger partial charge in [-0.1, -0.05) is 6.08 Å². The normalized spacial score (nSPS) is 43.5. The monoisotopic (exact) mass is 228 g/mol. The van der Waals surface area contributed by atoms with Crippen molar-refractivity contribution < 1.29 is 14.7 Å². The molecule has 6 heteroatoms. The van der Waals surface area contributed by atoms with E-state index in [0.717, 1.165) is 0 Å². The molecular weight excluding hydrogens is 216 g/mol. The molecule has 1 amide bonds. The molecule has 0 saturated carbocycles. The predicted molar refractivity (Wildman–Crippen MR) is 56.2 cm³/mol. The molecule has 2 rings (SSSR count). The lowest BCUT2D eigenvalue weighted by molar-refractivity contribution is -0.158. The van der Waals surface area contributed by atoms with Gasteiger partial charge in [0.2, 0.25) is 5.91 Å². The van der Waals surface area contributed by atoms with Crippen molar-refractivity contribution in [2.75, 3.05) is 0 Å². The molecule has 0 spiro atoms. The summed E-state index contributed by atoms with van der Waals surface area (Å²) in [6.45, 7) is 5.40. The van der Waals surface area contributed by atoms with Gasteiger partial charge in [0, 0.05) is 0 Å². The Morgan fingerprint density at radius 1 is 1.80 bits per heavy atom. The van der Waals surface area contributed by atoms with Crippen LogP contribution in [0.2, 0.25) is 0 Å². The number of nitrogens with zero attached hydrogens (tertiary/aromatic N) is 1. The molecule has 2 heterocycles. The van der Waals surface area contributed by atoms with Crippen LogP contribution < -0.4 is 5.73 Å². The van der Waals surface area contributed by atoms with Gasteiger partial charge >= 0.3 is 5.97 Å². The van der Waals surface area contributed by atoms with Crippen molar-refractivity contribution in [2.45, 2.75) is 29.1 Å². The van der Waals surface area contributed by atoms with Crippen molar-refractivity contribution >= 4 is 23.6 Å². The van der Waals surface area contributed by atoms with Crippen LogP contribution in [-0.2, 0) is 9.59 Å². The average molecular weight is 228 g/mol. The van der Waals surface area contributed by atoms with E-state index in [1.54, 1.807) is 13.0 Å². The summed E-state index contributed by atoms with van der Waals surface area (Å²) in [7, 11) is 0. The van der Waals surface area contributed by atoms with Crippen LogP contribution in [0.3, 0.4) is 0 Å². The van der Waals surface area contributed by atoms with Crippen molar-refractivity contribution in [2.24, 2.45) is 5.73 Å². The van der Waals surface area contributed by atoms with Crippen LogP contribution in [-0.4, -0.2) is 44.1 Å². The van der Waals surface area contributed by atoms with Gasteiger partial charge < -0.3 is 15.7 Å². The number of carboxylic acid groups (broad SMARTS) is 1. The van der Waals surface area contributed by atoms with Crippen LogP contribution in [0, 0.1) is 0 Å². The average Bonchev–Trinajstić information content (AvgIpc) is 2.49. The van der Waals surface area contributed by atoms with Gasteiger partial charge in [0.25, 0.3) is 0 Å². The first-order chi connectivity index (χ1) is 6.92. The lowest BCUT2D eigenvalue weighted by Gasteiger charge is -2.41. The van der Waals surface area contributed by atoms with Crippen molar-refractivity contribution in [1.82, 2.24) is 4.90 Å². The highest BCUT2D eigenvalue weighted by Gasteiger charge is 2.63. The first-order valence-electron chi connectivity index (χ1n) is 4.54. The largest absolute Gasteiger partial charge is 0.480 e. The minimum absolute atomic E-state index is 0.221. The van der Waals surface area contributed by atoms with Crippen LogP contribution >= 0.6 is 11.8 Å². The minimum Gasteiger partial charge on any atom is -0.480 e.